The average molecular weight is 365 g/mol. The first-order chi connectivity index (χ1) is 13.0. The van der Waals surface area contributed by atoms with E-state index in [-0.39, 0.29) is 24.0 Å². The van der Waals surface area contributed by atoms with Gasteiger partial charge in [0.25, 0.3) is 0 Å². The van der Waals surface area contributed by atoms with Crippen LogP contribution < -0.4 is 10.6 Å². The Labute approximate surface area is 160 Å². The highest BCUT2D eigenvalue weighted by Gasteiger charge is 2.26. The Morgan fingerprint density at radius 2 is 1.63 bits per heavy atom. The van der Waals surface area contributed by atoms with Gasteiger partial charge in [-0.3, -0.25) is 4.79 Å². The third-order valence-corrected chi connectivity index (χ3v) is 5.09. The molecule has 1 aliphatic heterocycles. The summed E-state index contributed by atoms with van der Waals surface area (Å²) in [6.45, 7) is 4.89. The van der Waals surface area contributed by atoms with E-state index in [4.69, 9.17) is 0 Å². The Morgan fingerprint density at radius 3 is 2.26 bits per heavy atom. The summed E-state index contributed by atoms with van der Waals surface area (Å²) in [5.74, 6) is -0.0124. The Balaban J connectivity index is 1.72. The number of piperidine rings is 1. The predicted molar refractivity (Wildman–Crippen MR) is 106 cm³/mol. The van der Waals surface area contributed by atoms with Crippen LogP contribution in [0.25, 0.3) is 0 Å². The highest BCUT2D eigenvalue weighted by atomic mass is 16.2. The molecule has 5 heteroatoms. The standard InChI is InChI=1S/C22H27N3O2/c1-16-8-6-7-11-20(16)21(18-9-4-3-5-10-18)24-22(27)25-14-12-19(13-15-25)23-17(2)26/h3-11,19,21H,12-15H2,1-2H3,(H,23,26)(H,24,27)/t21-/m0/s1. The number of nitrogens with one attached hydrogen (secondary N) is 2. The van der Waals surface area contributed by atoms with Crippen LogP contribution in [0.3, 0.4) is 0 Å². The third kappa shape index (κ3) is 4.88. The maximum atomic E-state index is 12.9. The summed E-state index contributed by atoms with van der Waals surface area (Å²) in [6.07, 6.45) is 1.57. The Bertz CT molecular complexity index is 783. The van der Waals surface area contributed by atoms with Crippen molar-refractivity contribution in [1.82, 2.24) is 15.5 Å². The molecule has 3 amide bonds. The molecule has 0 aromatic heterocycles. The molecule has 1 heterocycles. The van der Waals surface area contributed by atoms with E-state index in [1.165, 1.54) is 6.92 Å². The number of aryl methyl sites for hydroxylation is 1. The Kier molecular flexibility index (Phi) is 6.12. The van der Waals surface area contributed by atoms with Gasteiger partial charge in [-0.15, -0.1) is 0 Å². The van der Waals surface area contributed by atoms with Gasteiger partial charge in [0, 0.05) is 26.1 Å². The van der Waals surface area contributed by atoms with Crippen LogP contribution in [0.5, 0.6) is 0 Å². The zero-order valence-corrected chi connectivity index (χ0v) is 15.9. The maximum absolute atomic E-state index is 12.9. The van der Waals surface area contributed by atoms with E-state index in [0.29, 0.717) is 13.1 Å². The van der Waals surface area contributed by atoms with Crippen LogP contribution in [0.1, 0.15) is 42.5 Å². The number of carbonyl (C=O) groups is 2. The lowest BCUT2D eigenvalue weighted by Gasteiger charge is -2.33. The zero-order chi connectivity index (χ0) is 19.2. The number of likely N-dealkylation sites (tertiary alicyclic amines) is 1. The quantitative estimate of drug-likeness (QED) is 0.872. The molecule has 0 bridgehead atoms. The van der Waals surface area contributed by atoms with Gasteiger partial charge in [-0.05, 0) is 36.5 Å². The van der Waals surface area contributed by atoms with Gasteiger partial charge in [0.15, 0.2) is 0 Å². The number of amides is 3. The molecule has 1 atom stereocenters. The van der Waals surface area contributed by atoms with Crippen molar-refractivity contribution in [3.63, 3.8) is 0 Å². The summed E-state index contributed by atoms with van der Waals surface area (Å²) in [7, 11) is 0. The van der Waals surface area contributed by atoms with Crippen LogP contribution in [0.4, 0.5) is 4.79 Å². The molecule has 0 spiro atoms. The van der Waals surface area contributed by atoms with Gasteiger partial charge in [0.2, 0.25) is 5.91 Å². The monoisotopic (exact) mass is 365 g/mol. The van der Waals surface area contributed by atoms with E-state index >= 15 is 0 Å². The van der Waals surface area contributed by atoms with Crippen molar-refractivity contribution >= 4 is 11.9 Å². The van der Waals surface area contributed by atoms with Crippen LogP contribution in [-0.2, 0) is 4.79 Å². The largest absolute Gasteiger partial charge is 0.353 e. The van der Waals surface area contributed by atoms with Crippen molar-refractivity contribution in [1.29, 1.82) is 0 Å². The summed E-state index contributed by atoms with van der Waals surface area (Å²) >= 11 is 0. The minimum absolute atomic E-state index is 0.0124. The van der Waals surface area contributed by atoms with Crippen molar-refractivity contribution in [3.05, 3.63) is 71.3 Å². The van der Waals surface area contributed by atoms with E-state index in [0.717, 1.165) is 29.5 Å². The van der Waals surface area contributed by atoms with E-state index in [9.17, 15) is 9.59 Å². The molecular formula is C22H27N3O2. The zero-order valence-electron chi connectivity index (χ0n) is 15.9. The number of hydrogen-bond donors (Lipinski definition) is 2. The molecule has 1 aliphatic rings. The van der Waals surface area contributed by atoms with E-state index < -0.39 is 0 Å². The topological polar surface area (TPSA) is 61.4 Å². The molecule has 142 valence electrons. The van der Waals surface area contributed by atoms with Gasteiger partial charge >= 0.3 is 6.03 Å². The van der Waals surface area contributed by atoms with Crippen molar-refractivity contribution in [2.75, 3.05) is 13.1 Å². The summed E-state index contributed by atoms with van der Waals surface area (Å²) in [5.41, 5.74) is 3.31. The van der Waals surface area contributed by atoms with Gasteiger partial charge in [0.1, 0.15) is 0 Å². The number of rotatable bonds is 4. The number of urea groups is 1. The van der Waals surface area contributed by atoms with Crippen molar-refractivity contribution < 1.29 is 9.59 Å². The van der Waals surface area contributed by atoms with Crippen LogP contribution in [0, 0.1) is 6.92 Å². The smallest absolute Gasteiger partial charge is 0.318 e. The lowest BCUT2D eigenvalue weighted by Crippen LogP contribution is -2.49. The summed E-state index contributed by atoms with van der Waals surface area (Å²) in [5, 5.41) is 6.16. The molecule has 0 unspecified atom stereocenters. The molecule has 3 rings (SSSR count). The molecule has 2 aromatic rings. The molecule has 2 N–H and O–H groups in total. The average Bonchev–Trinajstić information content (AvgIpc) is 2.67. The molecule has 0 saturated carbocycles. The van der Waals surface area contributed by atoms with Crippen molar-refractivity contribution in [3.8, 4) is 0 Å². The highest BCUT2D eigenvalue weighted by Crippen LogP contribution is 2.25. The van der Waals surface area contributed by atoms with Crippen molar-refractivity contribution in [2.45, 2.75) is 38.8 Å². The summed E-state index contributed by atoms with van der Waals surface area (Å²) in [6, 6.07) is 18.1. The summed E-state index contributed by atoms with van der Waals surface area (Å²) < 4.78 is 0. The first-order valence-electron chi connectivity index (χ1n) is 9.47. The molecule has 2 aromatic carbocycles. The lowest BCUT2D eigenvalue weighted by molar-refractivity contribution is -0.119. The first-order valence-corrected chi connectivity index (χ1v) is 9.47. The lowest BCUT2D eigenvalue weighted by atomic mass is 9.95. The van der Waals surface area contributed by atoms with Crippen molar-refractivity contribution in [2.24, 2.45) is 0 Å². The van der Waals surface area contributed by atoms with Crippen LogP contribution in [-0.4, -0.2) is 36.0 Å². The van der Waals surface area contributed by atoms with Gasteiger partial charge in [0.05, 0.1) is 6.04 Å². The minimum atomic E-state index is -0.187. The van der Waals surface area contributed by atoms with Gasteiger partial charge in [-0.25, -0.2) is 4.79 Å². The van der Waals surface area contributed by atoms with Crippen LogP contribution in [0.15, 0.2) is 54.6 Å². The van der Waals surface area contributed by atoms with Gasteiger partial charge in [-0.1, -0.05) is 54.6 Å². The second kappa shape index (κ2) is 8.71. The Hall–Kier alpha value is -2.82. The molecule has 0 aliphatic carbocycles. The molecule has 1 saturated heterocycles. The first kappa shape index (κ1) is 19.0. The SMILES string of the molecule is CC(=O)NC1CCN(C(=O)N[C@@H](c2ccccc2)c2ccccc2C)CC1. The molecule has 1 fully saturated rings. The van der Waals surface area contributed by atoms with Crippen LogP contribution >= 0.6 is 0 Å². The van der Waals surface area contributed by atoms with Gasteiger partial charge in [-0.2, -0.15) is 0 Å². The summed E-state index contributed by atoms with van der Waals surface area (Å²) in [4.78, 5) is 26.0. The number of hydrogen-bond acceptors (Lipinski definition) is 2. The third-order valence-electron chi connectivity index (χ3n) is 5.09. The molecule has 0 radical (unpaired) electrons. The number of nitrogens with zero attached hydrogens (tertiary/aromatic N) is 1. The number of carbonyl (C=O) groups excluding carboxylic acids is 2. The normalized spacial score (nSPS) is 15.9. The van der Waals surface area contributed by atoms with Gasteiger partial charge < -0.3 is 15.5 Å². The maximum Gasteiger partial charge on any atom is 0.318 e. The molecule has 5 nitrogen and oxygen atoms in total. The van der Waals surface area contributed by atoms with Crippen LogP contribution in [0.2, 0.25) is 0 Å². The highest BCUT2D eigenvalue weighted by molar-refractivity contribution is 5.76. The molecule has 27 heavy (non-hydrogen) atoms. The fraction of sp³-hybridized carbons (Fsp3) is 0.364. The predicted octanol–water partition coefficient (Wildman–Crippen LogP) is 3.39. The second-order valence-corrected chi connectivity index (χ2v) is 7.11. The van der Waals surface area contributed by atoms with E-state index in [2.05, 4.69) is 29.7 Å². The Morgan fingerprint density at radius 1 is 1.00 bits per heavy atom. The minimum Gasteiger partial charge on any atom is -0.353 e. The van der Waals surface area contributed by atoms with E-state index in [1.54, 1.807) is 0 Å². The molecular weight excluding hydrogens is 338 g/mol. The fourth-order valence-electron chi connectivity index (χ4n) is 3.63. The fourth-order valence-corrected chi connectivity index (χ4v) is 3.63. The number of benzene rings is 2. The van der Waals surface area contributed by atoms with E-state index in [1.807, 2.05) is 47.4 Å². The second-order valence-electron chi connectivity index (χ2n) is 7.11.